The predicted octanol–water partition coefficient (Wildman–Crippen LogP) is 0.588. The van der Waals surface area contributed by atoms with Crippen LogP contribution in [0.3, 0.4) is 0 Å². The van der Waals surface area contributed by atoms with Crippen LogP contribution in [0.1, 0.15) is 26.2 Å². The Morgan fingerprint density at radius 2 is 2.00 bits per heavy atom. The van der Waals surface area contributed by atoms with Crippen molar-refractivity contribution in [2.45, 2.75) is 26.2 Å². The summed E-state index contributed by atoms with van der Waals surface area (Å²) in [5.41, 5.74) is -0.900. The fraction of sp³-hybridized carbons (Fsp3) is 0.538. The van der Waals surface area contributed by atoms with Crippen molar-refractivity contribution in [1.82, 2.24) is 0 Å². The van der Waals surface area contributed by atoms with E-state index in [2.05, 4.69) is 4.74 Å². The quantitative estimate of drug-likeness (QED) is 0.441. The van der Waals surface area contributed by atoms with Gasteiger partial charge in [-0.25, -0.2) is 0 Å². The first kappa shape index (κ1) is 14.2. The Labute approximate surface area is 114 Å². The van der Waals surface area contributed by atoms with Gasteiger partial charge in [0, 0.05) is 0 Å². The molecular weight excluding hydrogens is 268 g/mol. The summed E-state index contributed by atoms with van der Waals surface area (Å²) in [7, 11) is 0. The third-order valence-corrected chi connectivity index (χ3v) is 3.83. The lowest BCUT2D eigenvalue weighted by Crippen LogP contribution is -2.37. The van der Waals surface area contributed by atoms with Crippen LogP contribution in [0.2, 0.25) is 0 Å². The minimum atomic E-state index is -1.26. The molecule has 0 aromatic heterocycles. The largest absolute Gasteiger partial charge is 0.481 e. The topological polar surface area (TPSA) is 118 Å². The van der Waals surface area contributed by atoms with Gasteiger partial charge in [-0.05, 0) is 19.8 Å². The summed E-state index contributed by atoms with van der Waals surface area (Å²) in [5.74, 6) is -5.51. The van der Waals surface area contributed by atoms with E-state index >= 15 is 0 Å². The van der Waals surface area contributed by atoms with Crippen LogP contribution < -0.4 is 0 Å². The third-order valence-electron chi connectivity index (χ3n) is 3.83. The molecule has 0 bridgehead atoms. The maximum absolute atomic E-state index is 11.6. The highest BCUT2D eigenvalue weighted by Gasteiger charge is 2.46. The Morgan fingerprint density at radius 1 is 1.35 bits per heavy atom. The number of cyclic esters (lactones) is 2. The van der Waals surface area contributed by atoms with Gasteiger partial charge in [0.25, 0.3) is 0 Å². The molecule has 1 fully saturated rings. The van der Waals surface area contributed by atoms with Gasteiger partial charge >= 0.3 is 23.9 Å². The van der Waals surface area contributed by atoms with Crippen molar-refractivity contribution in [2.24, 2.45) is 17.3 Å². The van der Waals surface area contributed by atoms with Gasteiger partial charge in [0.05, 0.1) is 23.7 Å². The van der Waals surface area contributed by atoms with E-state index in [1.807, 2.05) is 0 Å². The van der Waals surface area contributed by atoms with Gasteiger partial charge in [0.2, 0.25) is 0 Å². The summed E-state index contributed by atoms with van der Waals surface area (Å²) in [6.45, 7) is 1.44. The molecule has 0 aromatic rings. The number of carboxylic acid groups (broad SMARTS) is 2. The second-order valence-electron chi connectivity index (χ2n) is 5.48. The molecule has 1 saturated heterocycles. The van der Waals surface area contributed by atoms with E-state index in [1.165, 1.54) is 13.0 Å². The lowest BCUT2D eigenvalue weighted by molar-refractivity contribution is -0.155. The van der Waals surface area contributed by atoms with E-state index in [0.29, 0.717) is 5.57 Å². The molecule has 0 aromatic carbocycles. The molecule has 108 valence electrons. The number of carbonyl (C=O) groups excluding carboxylic acids is 2. The molecule has 0 radical (unpaired) electrons. The molecule has 2 N–H and O–H groups in total. The summed E-state index contributed by atoms with van der Waals surface area (Å²) in [4.78, 5) is 45.2. The van der Waals surface area contributed by atoms with Crippen LogP contribution in [0.15, 0.2) is 11.6 Å². The predicted molar refractivity (Wildman–Crippen MR) is 63.4 cm³/mol. The summed E-state index contributed by atoms with van der Waals surface area (Å²) in [6.07, 6.45) is 1.22. The number of hydrogen-bond acceptors (Lipinski definition) is 5. The first-order valence-corrected chi connectivity index (χ1v) is 6.14. The first-order valence-electron chi connectivity index (χ1n) is 6.14. The molecule has 1 aliphatic carbocycles. The van der Waals surface area contributed by atoms with Gasteiger partial charge < -0.3 is 14.9 Å². The van der Waals surface area contributed by atoms with Crippen molar-refractivity contribution in [3.8, 4) is 0 Å². The molecule has 20 heavy (non-hydrogen) atoms. The van der Waals surface area contributed by atoms with Gasteiger partial charge in [0.1, 0.15) is 0 Å². The van der Waals surface area contributed by atoms with E-state index < -0.39 is 41.1 Å². The molecule has 0 saturated carbocycles. The average molecular weight is 282 g/mol. The highest BCUT2D eigenvalue weighted by molar-refractivity contribution is 5.96. The molecule has 1 aliphatic heterocycles. The molecule has 7 heteroatoms. The smallest absolute Gasteiger partial charge is 0.321 e. The molecule has 3 unspecified atom stereocenters. The van der Waals surface area contributed by atoms with Gasteiger partial charge in [-0.3, -0.25) is 19.2 Å². The fourth-order valence-corrected chi connectivity index (χ4v) is 2.70. The van der Waals surface area contributed by atoms with Crippen molar-refractivity contribution in [3.63, 3.8) is 0 Å². The number of aliphatic carboxylic acids is 2. The van der Waals surface area contributed by atoms with E-state index in [-0.39, 0.29) is 19.3 Å². The summed E-state index contributed by atoms with van der Waals surface area (Å²) >= 11 is 0. The molecule has 2 aliphatic rings. The number of ether oxygens (including phenoxy) is 1. The van der Waals surface area contributed by atoms with Gasteiger partial charge in [-0.15, -0.1) is 0 Å². The molecule has 2 rings (SSSR count). The van der Waals surface area contributed by atoms with E-state index in [4.69, 9.17) is 5.11 Å². The van der Waals surface area contributed by atoms with Crippen LogP contribution in [-0.2, 0) is 23.9 Å². The monoisotopic (exact) mass is 282 g/mol. The second kappa shape index (κ2) is 4.73. The Hall–Kier alpha value is -2.18. The van der Waals surface area contributed by atoms with Crippen LogP contribution >= 0.6 is 0 Å². The lowest BCUT2D eigenvalue weighted by Gasteiger charge is -2.33. The fourth-order valence-electron chi connectivity index (χ4n) is 2.70. The minimum absolute atomic E-state index is 0.0408. The zero-order valence-electron chi connectivity index (χ0n) is 10.8. The van der Waals surface area contributed by atoms with Gasteiger partial charge in [-0.1, -0.05) is 11.6 Å². The number of hydrogen-bond donors (Lipinski definition) is 2. The molecule has 0 spiro atoms. The number of esters is 2. The van der Waals surface area contributed by atoms with Crippen LogP contribution in [0.4, 0.5) is 0 Å². The first-order chi connectivity index (χ1) is 9.23. The maximum Gasteiger partial charge on any atom is 0.321 e. The van der Waals surface area contributed by atoms with Crippen LogP contribution in [0, 0.1) is 17.3 Å². The molecule has 7 nitrogen and oxygen atoms in total. The van der Waals surface area contributed by atoms with Crippen molar-refractivity contribution < 1.29 is 34.1 Å². The van der Waals surface area contributed by atoms with E-state index in [0.717, 1.165) is 0 Å². The summed E-state index contributed by atoms with van der Waals surface area (Å²) in [6, 6.07) is 0. The lowest BCUT2D eigenvalue weighted by atomic mass is 9.69. The Balaban J connectivity index is 2.35. The molecule has 0 amide bonds. The van der Waals surface area contributed by atoms with Crippen LogP contribution in [0.5, 0.6) is 0 Å². The van der Waals surface area contributed by atoms with Crippen molar-refractivity contribution >= 4 is 23.9 Å². The van der Waals surface area contributed by atoms with Crippen molar-refractivity contribution in [2.75, 3.05) is 0 Å². The SMILES string of the molecule is CC1(C(=O)O)CC(C2CC(=O)OC2=O)=CC(C(=O)O)C1. The standard InChI is InChI=1S/C13H14O7/c1-13(12(18)19)4-6(2-7(5-13)10(15)16)8-3-9(14)20-11(8)17/h2,7-8H,3-5H2,1H3,(H,15,16)(H,18,19). The van der Waals surface area contributed by atoms with E-state index in [9.17, 15) is 24.3 Å². The van der Waals surface area contributed by atoms with Crippen LogP contribution in [0.25, 0.3) is 0 Å². The Morgan fingerprint density at radius 3 is 2.45 bits per heavy atom. The van der Waals surface area contributed by atoms with Gasteiger partial charge in [-0.2, -0.15) is 0 Å². The maximum atomic E-state index is 11.6. The number of carboxylic acids is 2. The molecule has 1 heterocycles. The normalized spacial score (nSPS) is 33.5. The van der Waals surface area contributed by atoms with Gasteiger partial charge in [0.15, 0.2) is 0 Å². The summed E-state index contributed by atoms with van der Waals surface area (Å²) in [5, 5.41) is 18.4. The zero-order chi connectivity index (χ0) is 15.1. The summed E-state index contributed by atoms with van der Waals surface area (Å²) < 4.78 is 4.44. The van der Waals surface area contributed by atoms with Crippen molar-refractivity contribution in [3.05, 3.63) is 11.6 Å². The number of rotatable bonds is 3. The minimum Gasteiger partial charge on any atom is -0.481 e. The Kier molecular flexibility index (Phi) is 3.37. The third kappa shape index (κ3) is 2.43. The highest BCUT2D eigenvalue weighted by atomic mass is 16.6. The van der Waals surface area contributed by atoms with Crippen molar-refractivity contribution in [1.29, 1.82) is 0 Å². The van der Waals surface area contributed by atoms with E-state index in [1.54, 1.807) is 0 Å². The number of carbonyl (C=O) groups is 4. The average Bonchev–Trinajstić information content (AvgIpc) is 2.67. The second-order valence-corrected chi connectivity index (χ2v) is 5.48. The molecule has 3 atom stereocenters. The Bertz CT molecular complexity index is 533. The molecular formula is C13H14O7. The van der Waals surface area contributed by atoms with Crippen LogP contribution in [-0.4, -0.2) is 34.1 Å². The zero-order valence-corrected chi connectivity index (χ0v) is 10.8. The highest BCUT2D eigenvalue weighted by Crippen LogP contribution is 2.43.